The maximum absolute atomic E-state index is 11.3. The molecule has 0 aliphatic heterocycles. The summed E-state index contributed by atoms with van der Waals surface area (Å²) in [7, 11) is -11.3. The van der Waals surface area contributed by atoms with E-state index in [1.807, 2.05) is 0 Å². The van der Waals surface area contributed by atoms with Crippen LogP contribution < -0.4 is 0 Å². The topological polar surface area (TPSA) is 130 Å². The molecule has 0 aliphatic carbocycles. The Hall–Kier alpha value is 0.160. The van der Waals surface area contributed by atoms with Crippen molar-refractivity contribution in [1.29, 1.82) is 0 Å². The van der Waals surface area contributed by atoms with E-state index in [0.29, 0.717) is 0 Å². The molecule has 0 aromatic heterocycles. The van der Waals surface area contributed by atoms with Crippen LogP contribution in [0.15, 0.2) is 0 Å². The third kappa shape index (κ3) is 8.12. The van der Waals surface area contributed by atoms with Gasteiger partial charge in [0.2, 0.25) is 0 Å². The first kappa shape index (κ1) is 19.2. The summed E-state index contributed by atoms with van der Waals surface area (Å²) >= 11 is 0. The molecular weight excluding hydrogens is 343 g/mol. The normalized spacial score (nSPS) is 13.9. The highest BCUT2D eigenvalue weighted by Crippen LogP contribution is 2.40. The van der Waals surface area contributed by atoms with Gasteiger partial charge in [-0.25, -0.2) is 0 Å². The zero-order valence-corrected chi connectivity index (χ0v) is 13.8. The molecule has 0 aliphatic rings. The molecule has 0 saturated heterocycles. The van der Waals surface area contributed by atoms with Crippen molar-refractivity contribution in [2.75, 3.05) is 37.8 Å². The second kappa shape index (κ2) is 7.25. The van der Waals surface area contributed by atoms with Gasteiger partial charge in [0.05, 0.1) is 37.8 Å². The molecule has 0 bridgehead atoms. The van der Waals surface area contributed by atoms with Gasteiger partial charge in [-0.15, -0.1) is 0 Å². The quantitative estimate of drug-likeness (QED) is 0.386. The molecule has 0 N–H and O–H groups in total. The lowest BCUT2D eigenvalue weighted by molar-refractivity contribution is 0.401. The van der Waals surface area contributed by atoms with Gasteiger partial charge in [0.15, 0.2) is 0 Å². The second-order valence-electron chi connectivity index (χ2n) is 3.23. The first-order valence-electron chi connectivity index (χ1n) is 4.54. The van der Waals surface area contributed by atoms with E-state index in [9.17, 15) is 25.3 Å². The van der Waals surface area contributed by atoms with Crippen molar-refractivity contribution in [1.82, 2.24) is 0 Å². The Morgan fingerprint density at radius 3 is 1.00 bits per heavy atom. The maximum Gasteiger partial charge on any atom is 0.271 e. The smallest absolute Gasteiger partial charge is 0.271 e. The van der Waals surface area contributed by atoms with Crippen molar-refractivity contribution in [2.24, 2.45) is 0 Å². The van der Waals surface area contributed by atoms with Crippen LogP contribution in [0.25, 0.3) is 0 Å². The summed E-state index contributed by atoms with van der Waals surface area (Å²) in [6.07, 6.45) is 0. The average molecular weight is 358 g/mol. The number of hydrogen-bond donors (Lipinski definition) is 0. The molecule has 13 heteroatoms. The fraction of sp³-hybridized carbons (Fsp3) is 1.00. The van der Waals surface area contributed by atoms with Gasteiger partial charge in [-0.2, -0.15) is 25.3 Å². The van der Waals surface area contributed by atoms with E-state index < -0.39 is 54.8 Å². The summed E-state index contributed by atoms with van der Waals surface area (Å²) in [6.45, 7) is 0. The lowest BCUT2D eigenvalue weighted by Gasteiger charge is -2.15. The SMILES string of the molecule is COS(=O)(=O)CP(CS(=O)(=O)OC)CS(=O)(=O)OC. The van der Waals surface area contributed by atoms with Crippen LogP contribution in [-0.2, 0) is 42.9 Å². The Morgan fingerprint density at radius 1 is 0.632 bits per heavy atom. The molecule has 0 rings (SSSR count). The van der Waals surface area contributed by atoms with Crippen LogP contribution in [-0.4, -0.2) is 63.1 Å². The molecule has 0 unspecified atom stereocenters. The first-order chi connectivity index (χ1) is 8.47. The van der Waals surface area contributed by atoms with Crippen molar-refractivity contribution in [3.63, 3.8) is 0 Å². The van der Waals surface area contributed by atoms with Gasteiger partial charge in [0.1, 0.15) is 0 Å². The van der Waals surface area contributed by atoms with E-state index in [1.165, 1.54) is 0 Å². The van der Waals surface area contributed by atoms with Crippen molar-refractivity contribution in [3.05, 3.63) is 0 Å². The molecule has 0 heterocycles. The zero-order chi connectivity index (χ0) is 15.3. The van der Waals surface area contributed by atoms with E-state index in [4.69, 9.17) is 0 Å². The first-order valence-corrected chi connectivity index (χ1v) is 11.2. The van der Waals surface area contributed by atoms with E-state index in [0.717, 1.165) is 21.3 Å². The van der Waals surface area contributed by atoms with Crippen molar-refractivity contribution in [3.8, 4) is 0 Å². The summed E-state index contributed by atoms with van der Waals surface area (Å²) in [5.41, 5.74) is -2.15. The number of rotatable bonds is 9. The van der Waals surface area contributed by atoms with E-state index >= 15 is 0 Å². The van der Waals surface area contributed by atoms with Gasteiger partial charge in [-0.05, 0) is 0 Å². The lowest BCUT2D eigenvalue weighted by atomic mass is 11.8. The molecule has 0 radical (unpaired) electrons. The zero-order valence-electron chi connectivity index (χ0n) is 10.5. The predicted octanol–water partition coefficient (Wildman–Crippen LogP) is -0.731. The Morgan fingerprint density at radius 2 is 0.842 bits per heavy atom. The molecule has 0 spiro atoms. The van der Waals surface area contributed by atoms with Gasteiger partial charge in [0, 0.05) is 0 Å². The van der Waals surface area contributed by atoms with E-state index in [1.54, 1.807) is 0 Å². The van der Waals surface area contributed by atoms with Gasteiger partial charge in [-0.3, -0.25) is 12.5 Å². The van der Waals surface area contributed by atoms with Gasteiger partial charge >= 0.3 is 0 Å². The lowest BCUT2D eigenvalue weighted by Crippen LogP contribution is -2.18. The van der Waals surface area contributed by atoms with Crippen molar-refractivity contribution >= 4 is 38.3 Å². The summed E-state index contributed by atoms with van der Waals surface area (Å²) < 4.78 is 80.2. The fourth-order valence-electron chi connectivity index (χ4n) is 0.941. The Bertz CT molecular complexity index is 490. The molecule has 0 atom stereocenters. The van der Waals surface area contributed by atoms with Crippen LogP contribution in [0.4, 0.5) is 0 Å². The predicted molar refractivity (Wildman–Crippen MR) is 69.3 cm³/mol. The standard InChI is InChI=1S/C6H15O9PS3/c1-13-17(7,8)4-16(5-18(9,10)14-2)6-19(11,12)15-3/h4-6H2,1-3H3. The maximum atomic E-state index is 11.3. The van der Waals surface area contributed by atoms with Gasteiger partial charge in [0.25, 0.3) is 30.4 Å². The minimum absolute atomic E-state index is 0.718. The summed E-state index contributed by atoms with van der Waals surface area (Å²) in [5.74, 6) is 0. The molecular formula is C6H15O9PS3. The van der Waals surface area contributed by atoms with Gasteiger partial charge < -0.3 is 0 Å². The van der Waals surface area contributed by atoms with Crippen LogP contribution in [0.5, 0.6) is 0 Å². The molecule has 19 heavy (non-hydrogen) atoms. The fourth-order valence-corrected chi connectivity index (χ4v) is 10.5. The highest BCUT2D eigenvalue weighted by Gasteiger charge is 2.29. The molecule has 9 nitrogen and oxygen atoms in total. The molecule has 116 valence electrons. The van der Waals surface area contributed by atoms with Crippen LogP contribution in [0.2, 0.25) is 0 Å². The summed E-state index contributed by atoms with van der Waals surface area (Å²) in [6, 6.07) is 0. The summed E-state index contributed by atoms with van der Waals surface area (Å²) in [5, 5.41) is 0. The van der Waals surface area contributed by atoms with Crippen LogP contribution >= 0.6 is 7.92 Å². The van der Waals surface area contributed by atoms with Crippen LogP contribution in [0.1, 0.15) is 0 Å². The third-order valence-corrected chi connectivity index (χ3v) is 11.5. The van der Waals surface area contributed by atoms with Crippen molar-refractivity contribution in [2.45, 2.75) is 0 Å². The van der Waals surface area contributed by atoms with Crippen molar-refractivity contribution < 1.29 is 37.8 Å². The minimum atomic E-state index is -3.99. The number of hydrogen-bond acceptors (Lipinski definition) is 9. The highest BCUT2D eigenvalue weighted by atomic mass is 32.2. The second-order valence-corrected chi connectivity index (χ2v) is 12.0. The molecule has 0 saturated carbocycles. The Kier molecular flexibility index (Phi) is 7.31. The van der Waals surface area contributed by atoms with Crippen LogP contribution in [0, 0.1) is 0 Å². The Labute approximate surface area is 114 Å². The largest absolute Gasteiger partial charge is 0.273 e. The average Bonchev–Trinajstić information content (AvgIpc) is 2.27. The molecule has 0 aromatic carbocycles. The molecule has 0 aromatic rings. The van der Waals surface area contributed by atoms with Gasteiger partial charge in [-0.1, -0.05) is 7.92 Å². The highest BCUT2D eigenvalue weighted by molar-refractivity contribution is 8.04. The van der Waals surface area contributed by atoms with Crippen LogP contribution in [0.3, 0.4) is 0 Å². The molecule has 0 amide bonds. The van der Waals surface area contributed by atoms with E-state index in [-0.39, 0.29) is 0 Å². The molecule has 0 fully saturated rings. The minimum Gasteiger partial charge on any atom is -0.273 e. The van der Waals surface area contributed by atoms with E-state index in [2.05, 4.69) is 12.5 Å². The Balaban J connectivity index is 5.17. The summed E-state index contributed by atoms with van der Waals surface area (Å²) in [4.78, 5) is 0. The monoisotopic (exact) mass is 358 g/mol. The third-order valence-electron chi connectivity index (χ3n) is 1.78.